The van der Waals surface area contributed by atoms with Crippen LogP contribution in [0, 0.1) is 0 Å². The van der Waals surface area contributed by atoms with Crippen molar-refractivity contribution in [2.24, 2.45) is 14.1 Å². The number of nitrogens with zero attached hydrogens (tertiary/aromatic N) is 2. The highest BCUT2D eigenvalue weighted by Gasteiger charge is 2.02. The predicted octanol–water partition coefficient (Wildman–Crippen LogP) is 3.71. The van der Waals surface area contributed by atoms with Crippen molar-refractivity contribution in [2.75, 3.05) is 37.4 Å². The molecule has 0 aromatic carbocycles. The van der Waals surface area contributed by atoms with Crippen molar-refractivity contribution in [2.45, 2.75) is 27.2 Å². The Kier molecular flexibility index (Phi) is 8.68. The lowest BCUT2D eigenvalue weighted by atomic mass is 10.5. The number of ether oxygens (including phenoxy) is 2. The number of hydrogen-bond donors (Lipinski definition) is 2. The fourth-order valence-electron chi connectivity index (χ4n) is 2.17. The summed E-state index contributed by atoms with van der Waals surface area (Å²) < 4.78 is 14.8. The summed E-state index contributed by atoms with van der Waals surface area (Å²) >= 11 is 0. The quantitative estimate of drug-likeness (QED) is 0.771. The first kappa shape index (κ1) is 19.8. The Hall–Kier alpha value is -2.24. The number of aryl methyl sites for hydroxylation is 2. The molecule has 2 aromatic heterocycles. The molecule has 6 nitrogen and oxygen atoms in total. The molecule has 2 N–H and O–H groups in total. The van der Waals surface area contributed by atoms with E-state index in [0.717, 1.165) is 42.7 Å². The second-order valence-electron chi connectivity index (χ2n) is 5.42. The summed E-state index contributed by atoms with van der Waals surface area (Å²) in [6.45, 7) is 8.59. The monoisotopic (exact) mass is 336 g/mol. The van der Waals surface area contributed by atoms with Gasteiger partial charge in [0.25, 0.3) is 0 Å². The Balaban J connectivity index is 0.000000240. The zero-order valence-corrected chi connectivity index (χ0v) is 15.8. The molecule has 2 aromatic rings. The molecule has 0 radical (unpaired) electrons. The first-order valence-corrected chi connectivity index (χ1v) is 8.55. The standard InChI is InChI=1S/2C9H16N2O/c1-4-5-12-9-6-8(10-2)7-11(9)3;1-4-10-8-6-9(12-5-2)11(3)7-8/h2*6-7,10H,4-5H2,1-3H3. The molecule has 0 spiro atoms. The molecule has 0 aliphatic rings. The largest absolute Gasteiger partial charge is 0.479 e. The van der Waals surface area contributed by atoms with Crippen molar-refractivity contribution in [3.05, 3.63) is 24.5 Å². The minimum atomic E-state index is 0.712. The Bertz CT molecular complexity index is 590. The lowest BCUT2D eigenvalue weighted by molar-refractivity contribution is 0.295. The van der Waals surface area contributed by atoms with E-state index in [9.17, 15) is 0 Å². The molecule has 0 amide bonds. The maximum atomic E-state index is 5.49. The van der Waals surface area contributed by atoms with E-state index in [1.54, 1.807) is 0 Å². The van der Waals surface area contributed by atoms with Crippen LogP contribution in [0.25, 0.3) is 0 Å². The topological polar surface area (TPSA) is 52.4 Å². The molecule has 0 fully saturated rings. The first-order chi connectivity index (χ1) is 11.5. The summed E-state index contributed by atoms with van der Waals surface area (Å²) in [5, 5.41) is 6.29. The van der Waals surface area contributed by atoms with Crippen LogP contribution in [0.5, 0.6) is 11.8 Å². The molecule has 0 aliphatic heterocycles. The van der Waals surface area contributed by atoms with Gasteiger partial charge in [-0.1, -0.05) is 6.92 Å². The van der Waals surface area contributed by atoms with E-state index >= 15 is 0 Å². The van der Waals surface area contributed by atoms with Crippen LogP contribution in [0.15, 0.2) is 24.5 Å². The van der Waals surface area contributed by atoms with Crippen LogP contribution in [0.2, 0.25) is 0 Å². The molecule has 0 aliphatic carbocycles. The Morgan fingerprint density at radius 3 is 2.00 bits per heavy atom. The fourth-order valence-corrected chi connectivity index (χ4v) is 2.17. The fraction of sp³-hybridized carbons (Fsp3) is 0.556. The maximum absolute atomic E-state index is 5.49. The van der Waals surface area contributed by atoms with Crippen molar-refractivity contribution in [3.8, 4) is 11.8 Å². The van der Waals surface area contributed by atoms with Crippen LogP contribution in [-0.2, 0) is 14.1 Å². The van der Waals surface area contributed by atoms with Crippen molar-refractivity contribution in [3.63, 3.8) is 0 Å². The third-order valence-electron chi connectivity index (χ3n) is 3.33. The Morgan fingerprint density at radius 2 is 1.50 bits per heavy atom. The van der Waals surface area contributed by atoms with Crippen LogP contribution >= 0.6 is 0 Å². The third kappa shape index (κ3) is 6.10. The lowest BCUT2D eigenvalue weighted by Crippen LogP contribution is -1.98. The smallest absolute Gasteiger partial charge is 0.195 e. The van der Waals surface area contributed by atoms with Gasteiger partial charge < -0.3 is 29.2 Å². The maximum Gasteiger partial charge on any atom is 0.195 e. The molecule has 136 valence electrons. The zero-order chi connectivity index (χ0) is 17.9. The normalized spacial score (nSPS) is 9.92. The van der Waals surface area contributed by atoms with Gasteiger partial charge in [0.2, 0.25) is 0 Å². The highest BCUT2D eigenvalue weighted by molar-refractivity contribution is 5.46. The van der Waals surface area contributed by atoms with E-state index in [-0.39, 0.29) is 0 Å². The van der Waals surface area contributed by atoms with Gasteiger partial charge in [0.05, 0.1) is 24.6 Å². The van der Waals surface area contributed by atoms with E-state index in [0.29, 0.717) is 6.61 Å². The summed E-state index contributed by atoms with van der Waals surface area (Å²) in [4.78, 5) is 0. The van der Waals surface area contributed by atoms with E-state index in [1.807, 2.05) is 61.7 Å². The summed E-state index contributed by atoms with van der Waals surface area (Å²) in [6.07, 6.45) is 5.07. The van der Waals surface area contributed by atoms with E-state index < -0.39 is 0 Å². The second-order valence-corrected chi connectivity index (χ2v) is 5.42. The van der Waals surface area contributed by atoms with Crippen molar-refractivity contribution >= 4 is 11.4 Å². The molecule has 2 heterocycles. The van der Waals surface area contributed by atoms with Crippen LogP contribution in [0.3, 0.4) is 0 Å². The van der Waals surface area contributed by atoms with Crippen LogP contribution in [-0.4, -0.2) is 35.9 Å². The predicted molar refractivity (Wildman–Crippen MR) is 101 cm³/mol. The van der Waals surface area contributed by atoms with Gasteiger partial charge >= 0.3 is 0 Å². The molecule has 6 heteroatoms. The number of aromatic nitrogens is 2. The third-order valence-corrected chi connectivity index (χ3v) is 3.33. The van der Waals surface area contributed by atoms with Gasteiger partial charge in [-0.2, -0.15) is 0 Å². The highest BCUT2D eigenvalue weighted by atomic mass is 16.5. The summed E-state index contributed by atoms with van der Waals surface area (Å²) in [5.41, 5.74) is 2.20. The summed E-state index contributed by atoms with van der Waals surface area (Å²) in [6, 6.07) is 4.00. The summed E-state index contributed by atoms with van der Waals surface area (Å²) in [7, 11) is 5.86. The molecule has 0 saturated carbocycles. The summed E-state index contributed by atoms with van der Waals surface area (Å²) in [5.74, 6) is 1.83. The lowest BCUT2D eigenvalue weighted by Gasteiger charge is -2.03. The van der Waals surface area contributed by atoms with Crippen LogP contribution < -0.4 is 20.1 Å². The van der Waals surface area contributed by atoms with E-state index in [2.05, 4.69) is 24.5 Å². The minimum absolute atomic E-state index is 0.712. The van der Waals surface area contributed by atoms with E-state index in [4.69, 9.17) is 9.47 Å². The van der Waals surface area contributed by atoms with Gasteiger partial charge in [-0.15, -0.1) is 0 Å². The molecule has 24 heavy (non-hydrogen) atoms. The molecular formula is C18H32N4O2. The number of hydrogen-bond acceptors (Lipinski definition) is 4. The van der Waals surface area contributed by atoms with Gasteiger partial charge in [0, 0.05) is 52.2 Å². The van der Waals surface area contributed by atoms with Gasteiger partial charge in [0.1, 0.15) is 0 Å². The highest BCUT2D eigenvalue weighted by Crippen LogP contribution is 2.19. The van der Waals surface area contributed by atoms with E-state index in [1.165, 1.54) is 0 Å². The average molecular weight is 336 g/mol. The van der Waals surface area contributed by atoms with Crippen molar-refractivity contribution in [1.82, 2.24) is 9.13 Å². The van der Waals surface area contributed by atoms with Gasteiger partial charge in [0.15, 0.2) is 11.8 Å². The average Bonchev–Trinajstić information content (AvgIpc) is 3.09. The van der Waals surface area contributed by atoms with Crippen molar-refractivity contribution in [1.29, 1.82) is 0 Å². The molecule has 0 unspecified atom stereocenters. The first-order valence-electron chi connectivity index (χ1n) is 8.55. The van der Waals surface area contributed by atoms with Gasteiger partial charge in [-0.05, 0) is 20.3 Å². The number of anilines is 2. The van der Waals surface area contributed by atoms with Gasteiger partial charge in [-0.3, -0.25) is 0 Å². The molecule has 0 saturated heterocycles. The molecule has 0 bridgehead atoms. The Labute approximate surface area is 145 Å². The SMILES string of the molecule is CCCOc1cc(NC)cn1C.CCNc1cc(OCC)n(C)c1. The van der Waals surface area contributed by atoms with Crippen molar-refractivity contribution < 1.29 is 9.47 Å². The number of rotatable bonds is 8. The van der Waals surface area contributed by atoms with Gasteiger partial charge in [-0.25, -0.2) is 0 Å². The zero-order valence-electron chi connectivity index (χ0n) is 15.8. The molecule has 0 atom stereocenters. The second kappa shape index (κ2) is 10.5. The molecular weight excluding hydrogens is 304 g/mol. The number of nitrogens with one attached hydrogen (secondary N) is 2. The van der Waals surface area contributed by atoms with Crippen LogP contribution in [0.4, 0.5) is 11.4 Å². The van der Waals surface area contributed by atoms with Crippen LogP contribution in [0.1, 0.15) is 27.2 Å². The molecule has 2 rings (SSSR count). The minimum Gasteiger partial charge on any atom is -0.479 e. The Morgan fingerprint density at radius 1 is 0.917 bits per heavy atom.